The number of hydrogen-bond donors (Lipinski definition) is 1. The van der Waals surface area contributed by atoms with E-state index in [1.807, 2.05) is 31.2 Å². The molecule has 1 aliphatic rings. The van der Waals surface area contributed by atoms with Crippen LogP contribution >= 0.6 is 0 Å². The Hall–Kier alpha value is -3.38. The van der Waals surface area contributed by atoms with Gasteiger partial charge < -0.3 is 19.6 Å². The highest BCUT2D eigenvalue weighted by Gasteiger charge is 2.46. The Balaban J connectivity index is 2.08. The molecule has 1 saturated heterocycles. The molecule has 0 aliphatic carbocycles. The zero-order chi connectivity index (χ0) is 26.4. The summed E-state index contributed by atoms with van der Waals surface area (Å²) in [6, 6.07) is 12.6. The predicted octanol–water partition coefficient (Wildman–Crippen LogP) is 5.45. The lowest BCUT2D eigenvalue weighted by atomic mass is 9.93. The maximum absolute atomic E-state index is 13.3. The first kappa shape index (κ1) is 27.2. The lowest BCUT2D eigenvalue weighted by Crippen LogP contribution is -2.38. The van der Waals surface area contributed by atoms with Crippen molar-refractivity contribution in [1.29, 1.82) is 0 Å². The zero-order valence-electron chi connectivity index (χ0n) is 22.1. The number of amides is 1. The Kier molecular flexibility index (Phi) is 9.10. The average molecular weight is 491 g/mol. The summed E-state index contributed by atoms with van der Waals surface area (Å²) in [5.74, 6) is -0.376. The van der Waals surface area contributed by atoms with E-state index in [0.29, 0.717) is 36.9 Å². The summed E-state index contributed by atoms with van der Waals surface area (Å²) in [5.41, 5.74) is 3.39. The minimum absolute atomic E-state index is 0.121. The minimum atomic E-state index is -0.658. The number of Topliss-reactive ketones (excluding diaryl/α,β-unsaturated/α-hetero) is 1. The number of aliphatic hydroxyl groups excluding tert-OH is 1. The molecule has 1 N–H and O–H groups in total. The van der Waals surface area contributed by atoms with Crippen LogP contribution in [0, 0.1) is 6.92 Å². The van der Waals surface area contributed by atoms with Crippen LogP contribution in [0.4, 0.5) is 0 Å². The topological polar surface area (TPSA) is 70.1 Å². The van der Waals surface area contributed by atoms with Crippen LogP contribution in [-0.4, -0.2) is 59.4 Å². The van der Waals surface area contributed by atoms with Crippen LogP contribution in [-0.2, 0) is 9.59 Å². The number of carbonyl (C=O) groups is 2. The molecule has 3 rings (SSSR count). The van der Waals surface area contributed by atoms with E-state index in [1.165, 1.54) is 5.56 Å². The molecule has 192 valence electrons. The third-order valence-electron chi connectivity index (χ3n) is 6.82. The van der Waals surface area contributed by atoms with Crippen molar-refractivity contribution in [2.24, 2.45) is 0 Å². The van der Waals surface area contributed by atoms with Gasteiger partial charge in [-0.15, -0.1) is 0 Å². The maximum atomic E-state index is 13.3. The highest BCUT2D eigenvalue weighted by molar-refractivity contribution is 6.46. The second kappa shape index (κ2) is 12.0. The van der Waals surface area contributed by atoms with Gasteiger partial charge in [-0.1, -0.05) is 64.6 Å². The minimum Gasteiger partial charge on any atom is -0.507 e. The summed E-state index contributed by atoms with van der Waals surface area (Å²) < 4.78 is 5.65. The molecule has 0 saturated carbocycles. The highest BCUT2D eigenvalue weighted by Crippen LogP contribution is 2.40. The monoisotopic (exact) mass is 490 g/mol. The number of ketones is 1. The van der Waals surface area contributed by atoms with E-state index < -0.39 is 17.7 Å². The number of aliphatic hydroxyl groups is 1. The molecule has 1 unspecified atom stereocenters. The molecule has 1 fully saturated rings. The molecule has 36 heavy (non-hydrogen) atoms. The molecule has 0 bridgehead atoms. The van der Waals surface area contributed by atoms with E-state index in [1.54, 1.807) is 29.2 Å². The molecule has 2 aromatic carbocycles. The molecular weight excluding hydrogens is 452 g/mol. The standard InChI is InChI=1S/C30H38N2O4/c1-7-18-36-25-15-14-24(19-21(25)6)28(33)26-27(23-12-10-22(11-13-23)20(4)5)32(30(35)29(26)34)17-16-31(8-2)9-3/h7,10-15,19-20,27,33H,1,8-9,16-18H2,2-6H3/b28-26+. The first-order valence-corrected chi connectivity index (χ1v) is 12.7. The van der Waals surface area contributed by atoms with E-state index in [4.69, 9.17) is 4.74 Å². The number of nitrogens with zero attached hydrogens (tertiary/aromatic N) is 2. The average Bonchev–Trinajstić information content (AvgIpc) is 3.13. The molecule has 1 atom stereocenters. The lowest BCUT2D eigenvalue weighted by Gasteiger charge is -2.28. The first-order valence-electron chi connectivity index (χ1n) is 12.7. The van der Waals surface area contributed by atoms with Crippen LogP contribution in [0.15, 0.2) is 60.7 Å². The smallest absolute Gasteiger partial charge is 0.295 e. The number of likely N-dealkylation sites (N-methyl/N-ethyl adjacent to an activating group) is 1. The number of ether oxygens (including phenoxy) is 1. The van der Waals surface area contributed by atoms with Crippen molar-refractivity contribution < 1.29 is 19.4 Å². The molecule has 1 heterocycles. The fraction of sp³-hybridized carbons (Fsp3) is 0.400. The van der Waals surface area contributed by atoms with Gasteiger partial charge in [-0.05, 0) is 60.8 Å². The molecule has 6 nitrogen and oxygen atoms in total. The summed E-state index contributed by atoms with van der Waals surface area (Å²) in [6.07, 6.45) is 1.66. The van der Waals surface area contributed by atoms with Gasteiger partial charge in [-0.25, -0.2) is 0 Å². The van der Waals surface area contributed by atoms with E-state index in [-0.39, 0.29) is 11.3 Å². The number of rotatable bonds is 11. The van der Waals surface area contributed by atoms with Gasteiger partial charge in [0.15, 0.2) is 0 Å². The normalized spacial score (nSPS) is 17.3. The van der Waals surface area contributed by atoms with Crippen molar-refractivity contribution in [3.8, 4) is 5.75 Å². The van der Waals surface area contributed by atoms with Crippen molar-refractivity contribution in [3.05, 3.63) is 82.9 Å². The second-order valence-corrected chi connectivity index (χ2v) is 9.42. The Morgan fingerprint density at radius 2 is 1.81 bits per heavy atom. The van der Waals surface area contributed by atoms with Gasteiger partial charge in [0.05, 0.1) is 11.6 Å². The van der Waals surface area contributed by atoms with Crippen molar-refractivity contribution in [2.75, 3.05) is 32.8 Å². The van der Waals surface area contributed by atoms with Crippen LogP contribution in [0.2, 0.25) is 0 Å². The number of likely N-dealkylation sites (tertiary alicyclic amines) is 1. The van der Waals surface area contributed by atoms with Gasteiger partial charge in [-0.3, -0.25) is 9.59 Å². The van der Waals surface area contributed by atoms with Crippen molar-refractivity contribution in [3.63, 3.8) is 0 Å². The van der Waals surface area contributed by atoms with E-state index >= 15 is 0 Å². The SMILES string of the molecule is C=CCOc1ccc(/C(O)=C2\C(=O)C(=O)N(CCN(CC)CC)C2c2ccc(C(C)C)cc2)cc1C. The lowest BCUT2D eigenvalue weighted by molar-refractivity contribution is -0.140. The Labute approximate surface area is 214 Å². The highest BCUT2D eigenvalue weighted by atomic mass is 16.5. The summed E-state index contributed by atoms with van der Waals surface area (Å²) >= 11 is 0. The fourth-order valence-electron chi connectivity index (χ4n) is 4.57. The Morgan fingerprint density at radius 3 is 2.36 bits per heavy atom. The molecule has 6 heteroatoms. The van der Waals surface area contributed by atoms with Gasteiger partial charge in [0.1, 0.15) is 18.1 Å². The molecule has 2 aromatic rings. The summed E-state index contributed by atoms with van der Waals surface area (Å²) in [4.78, 5) is 30.3. The van der Waals surface area contributed by atoms with Gasteiger partial charge in [0.25, 0.3) is 11.7 Å². The number of benzene rings is 2. The Bertz CT molecular complexity index is 1130. The number of carbonyl (C=O) groups excluding carboxylic acids is 2. The predicted molar refractivity (Wildman–Crippen MR) is 144 cm³/mol. The summed E-state index contributed by atoms with van der Waals surface area (Å²) in [5, 5.41) is 11.4. The molecular formula is C30H38N2O4. The molecule has 1 aliphatic heterocycles. The largest absolute Gasteiger partial charge is 0.507 e. The molecule has 0 spiro atoms. The molecule has 0 aromatic heterocycles. The first-order chi connectivity index (χ1) is 17.2. The van der Waals surface area contributed by atoms with Crippen LogP contribution in [0.1, 0.15) is 61.9 Å². The van der Waals surface area contributed by atoms with E-state index in [2.05, 4.69) is 39.2 Å². The van der Waals surface area contributed by atoms with Gasteiger partial charge in [0, 0.05) is 18.7 Å². The third kappa shape index (κ3) is 5.71. The maximum Gasteiger partial charge on any atom is 0.295 e. The second-order valence-electron chi connectivity index (χ2n) is 9.42. The van der Waals surface area contributed by atoms with Crippen LogP contribution in [0.25, 0.3) is 5.76 Å². The fourth-order valence-corrected chi connectivity index (χ4v) is 4.57. The van der Waals surface area contributed by atoms with Gasteiger partial charge in [0.2, 0.25) is 0 Å². The van der Waals surface area contributed by atoms with E-state index in [0.717, 1.165) is 24.2 Å². The quantitative estimate of drug-likeness (QED) is 0.196. The van der Waals surface area contributed by atoms with Crippen LogP contribution < -0.4 is 4.74 Å². The molecule has 1 amide bonds. The van der Waals surface area contributed by atoms with Crippen LogP contribution in [0.5, 0.6) is 5.75 Å². The van der Waals surface area contributed by atoms with Gasteiger partial charge in [-0.2, -0.15) is 0 Å². The van der Waals surface area contributed by atoms with Crippen molar-refractivity contribution in [1.82, 2.24) is 9.80 Å². The van der Waals surface area contributed by atoms with Crippen molar-refractivity contribution >= 4 is 17.4 Å². The zero-order valence-corrected chi connectivity index (χ0v) is 22.1. The van der Waals surface area contributed by atoms with E-state index in [9.17, 15) is 14.7 Å². The third-order valence-corrected chi connectivity index (χ3v) is 6.82. The molecule has 0 radical (unpaired) electrons. The summed E-state index contributed by atoms with van der Waals surface area (Å²) in [6.45, 7) is 17.1. The summed E-state index contributed by atoms with van der Waals surface area (Å²) in [7, 11) is 0. The number of hydrogen-bond acceptors (Lipinski definition) is 5. The van der Waals surface area contributed by atoms with Crippen LogP contribution in [0.3, 0.4) is 0 Å². The Morgan fingerprint density at radius 1 is 1.14 bits per heavy atom. The van der Waals surface area contributed by atoms with Gasteiger partial charge >= 0.3 is 0 Å². The van der Waals surface area contributed by atoms with Crippen molar-refractivity contribution in [2.45, 2.75) is 46.6 Å². The number of aryl methyl sites for hydroxylation is 1.